The van der Waals surface area contributed by atoms with E-state index >= 15 is 0 Å². The van der Waals surface area contributed by atoms with Crippen LogP contribution in [0.1, 0.15) is 36.8 Å². The summed E-state index contributed by atoms with van der Waals surface area (Å²) in [6.45, 7) is 1.89. The highest BCUT2D eigenvalue weighted by molar-refractivity contribution is 6.30. The Balaban J connectivity index is 1.31. The van der Waals surface area contributed by atoms with Gasteiger partial charge in [0.1, 0.15) is 11.3 Å². The number of benzene rings is 2. The molecule has 6 aromatic rings. The zero-order valence-electron chi connectivity index (χ0n) is 20.9. The van der Waals surface area contributed by atoms with Gasteiger partial charge in [0.15, 0.2) is 11.6 Å². The van der Waals surface area contributed by atoms with Crippen LogP contribution >= 0.6 is 23.2 Å². The van der Waals surface area contributed by atoms with E-state index in [9.17, 15) is 0 Å². The largest absolute Gasteiger partial charge is 0.306 e. The van der Waals surface area contributed by atoms with Crippen LogP contribution in [0.2, 0.25) is 10.0 Å². The van der Waals surface area contributed by atoms with E-state index in [1.807, 2.05) is 24.3 Å². The minimum Gasteiger partial charge on any atom is -0.306 e. The first kappa shape index (κ1) is 22.5. The zero-order chi connectivity index (χ0) is 25.4. The Kier molecular flexibility index (Phi) is 5.04. The lowest BCUT2D eigenvalue weighted by Gasteiger charge is -2.08. The maximum atomic E-state index is 6.17. The average Bonchev–Trinajstić information content (AvgIpc) is 3.55. The highest BCUT2D eigenvalue weighted by Crippen LogP contribution is 2.38. The maximum absolute atomic E-state index is 6.17. The predicted molar refractivity (Wildman–Crippen MR) is 152 cm³/mol. The summed E-state index contributed by atoms with van der Waals surface area (Å²) in [5, 5.41) is 11.8. The van der Waals surface area contributed by atoms with Crippen molar-refractivity contribution in [2.75, 3.05) is 0 Å². The third kappa shape index (κ3) is 3.33. The van der Waals surface area contributed by atoms with E-state index in [0.29, 0.717) is 0 Å². The summed E-state index contributed by atoms with van der Waals surface area (Å²) < 4.78 is 8.96. The molecule has 2 aliphatic heterocycles. The fourth-order valence-corrected chi connectivity index (χ4v) is 6.68. The van der Waals surface area contributed by atoms with Crippen LogP contribution in [0.25, 0.3) is 45.2 Å². The van der Waals surface area contributed by atoms with Crippen LogP contribution in [0.5, 0.6) is 0 Å². The van der Waals surface area contributed by atoms with Gasteiger partial charge in [0, 0.05) is 57.8 Å². The first-order chi connectivity index (χ1) is 18.7. The number of hydrogen-bond donors (Lipinski definition) is 0. The van der Waals surface area contributed by atoms with Crippen molar-refractivity contribution >= 4 is 34.5 Å². The van der Waals surface area contributed by atoms with Gasteiger partial charge in [-0.25, -0.2) is 9.03 Å². The van der Waals surface area contributed by atoms with Crippen molar-refractivity contribution in [2.45, 2.75) is 51.6 Å². The summed E-state index contributed by atoms with van der Waals surface area (Å²) in [5.41, 5.74) is 9.98. The van der Waals surface area contributed by atoms with Crippen molar-refractivity contribution < 1.29 is 0 Å². The van der Waals surface area contributed by atoms with Gasteiger partial charge in [-0.15, -0.1) is 10.2 Å². The van der Waals surface area contributed by atoms with Crippen LogP contribution in [0.4, 0.5) is 0 Å². The number of rotatable bonds is 3. The van der Waals surface area contributed by atoms with E-state index < -0.39 is 0 Å². The van der Waals surface area contributed by atoms with Crippen molar-refractivity contribution in [3.63, 3.8) is 0 Å². The minimum atomic E-state index is 0.757. The Hall–Kier alpha value is -3.48. The minimum absolute atomic E-state index is 0.757. The molecule has 2 aromatic carbocycles. The van der Waals surface area contributed by atoms with Crippen molar-refractivity contribution in [1.82, 2.24) is 28.4 Å². The van der Waals surface area contributed by atoms with Gasteiger partial charge >= 0.3 is 0 Å². The van der Waals surface area contributed by atoms with Crippen molar-refractivity contribution in [1.29, 1.82) is 0 Å². The van der Waals surface area contributed by atoms with Crippen LogP contribution in [-0.2, 0) is 25.9 Å². The van der Waals surface area contributed by atoms with Gasteiger partial charge in [-0.3, -0.25) is 0 Å². The van der Waals surface area contributed by atoms with E-state index in [-0.39, 0.29) is 0 Å². The van der Waals surface area contributed by atoms with Gasteiger partial charge in [-0.2, -0.15) is 0 Å². The Bertz CT molecular complexity index is 1700. The molecule has 6 nitrogen and oxygen atoms in total. The fourth-order valence-electron chi connectivity index (χ4n) is 6.43. The van der Waals surface area contributed by atoms with Crippen molar-refractivity contribution in [2.24, 2.45) is 0 Å². The Morgan fingerprint density at radius 2 is 0.974 bits per heavy atom. The zero-order valence-corrected chi connectivity index (χ0v) is 22.4. The Labute approximate surface area is 230 Å². The number of halogens is 2. The molecule has 0 radical (unpaired) electrons. The number of aryl methyl sites for hydroxylation is 4. The molecule has 0 spiro atoms. The van der Waals surface area contributed by atoms with E-state index in [2.05, 4.69) is 54.8 Å². The Morgan fingerprint density at radius 1 is 0.553 bits per heavy atom. The van der Waals surface area contributed by atoms with E-state index in [1.165, 1.54) is 44.7 Å². The van der Waals surface area contributed by atoms with Gasteiger partial charge < -0.3 is 9.13 Å². The highest BCUT2D eigenvalue weighted by atomic mass is 35.5. The third-order valence-corrected chi connectivity index (χ3v) is 8.69. The Morgan fingerprint density at radius 3 is 1.39 bits per heavy atom. The molecular weight excluding hydrogens is 515 g/mol. The molecular formula is C30H26Cl2N6. The van der Waals surface area contributed by atoms with Gasteiger partial charge in [0.2, 0.25) is 0 Å². The molecule has 8 heteroatoms. The SMILES string of the molecule is Clc1ccc(-c2cn3nc(-c4nn5cc(-c6ccc(Cl)cc6)c6c5n4CCCC6)n4c3c2CCCC4)cc1. The molecule has 0 N–H and O–H groups in total. The molecule has 190 valence electrons. The molecule has 0 atom stereocenters. The summed E-state index contributed by atoms with van der Waals surface area (Å²) in [6, 6.07) is 16.3. The second kappa shape index (κ2) is 8.52. The monoisotopic (exact) mass is 540 g/mol. The molecule has 0 amide bonds. The van der Waals surface area contributed by atoms with Crippen molar-refractivity contribution in [3.8, 4) is 33.9 Å². The summed E-state index contributed by atoms with van der Waals surface area (Å²) in [7, 11) is 0. The molecule has 2 aliphatic rings. The van der Waals surface area contributed by atoms with Crippen LogP contribution in [-0.4, -0.2) is 28.4 Å². The summed E-state index contributed by atoms with van der Waals surface area (Å²) in [5.74, 6) is 1.91. The van der Waals surface area contributed by atoms with Gasteiger partial charge in [-0.1, -0.05) is 47.5 Å². The normalized spacial score (nSPS) is 15.3. The van der Waals surface area contributed by atoms with Gasteiger partial charge in [0.25, 0.3) is 0 Å². The van der Waals surface area contributed by atoms with Gasteiger partial charge in [-0.05, 0) is 73.9 Å². The third-order valence-electron chi connectivity index (χ3n) is 8.18. The van der Waals surface area contributed by atoms with Crippen LogP contribution < -0.4 is 0 Å². The average molecular weight is 541 g/mol. The quantitative estimate of drug-likeness (QED) is 0.232. The van der Waals surface area contributed by atoms with Crippen LogP contribution in [0.3, 0.4) is 0 Å². The fraction of sp³-hybridized carbons (Fsp3) is 0.267. The predicted octanol–water partition coefficient (Wildman–Crippen LogP) is 7.57. The van der Waals surface area contributed by atoms with Crippen molar-refractivity contribution in [3.05, 3.63) is 82.1 Å². The molecule has 0 bridgehead atoms. The molecule has 6 heterocycles. The lowest BCUT2D eigenvalue weighted by Crippen LogP contribution is -2.06. The number of aromatic nitrogens is 6. The number of hydrogen-bond acceptors (Lipinski definition) is 2. The molecule has 8 rings (SSSR count). The summed E-state index contributed by atoms with van der Waals surface area (Å²) in [4.78, 5) is 0. The molecule has 4 aromatic heterocycles. The van der Waals surface area contributed by atoms with E-state index in [0.717, 1.165) is 73.3 Å². The molecule has 0 unspecified atom stereocenters. The second-order valence-electron chi connectivity index (χ2n) is 10.5. The lowest BCUT2D eigenvalue weighted by molar-refractivity contribution is 0.625. The molecule has 38 heavy (non-hydrogen) atoms. The topological polar surface area (TPSA) is 44.5 Å². The first-order valence-corrected chi connectivity index (χ1v) is 14.1. The standard InChI is InChI=1S/C30H26Cl2N6/c31-21-11-7-19(8-12-21)25-17-37-29-23(25)5-1-3-15-35(29)27(33-37)28-34-38-18-26(20-9-13-22(32)14-10-20)24-6-2-4-16-36(28)30(24)38/h7-14,17-18H,1-6,15-16H2. The van der Waals surface area contributed by atoms with Crippen LogP contribution in [0, 0.1) is 0 Å². The van der Waals surface area contributed by atoms with E-state index in [4.69, 9.17) is 33.4 Å². The molecule has 0 aliphatic carbocycles. The number of nitrogens with zero attached hydrogens (tertiary/aromatic N) is 6. The second-order valence-corrected chi connectivity index (χ2v) is 11.3. The first-order valence-electron chi connectivity index (χ1n) is 13.4. The molecule has 0 fully saturated rings. The van der Waals surface area contributed by atoms with E-state index in [1.54, 1.807) is 0 Å². The highest BCUT2D eigenvalue weighted by Gasteiger charge is 2.28. The summed E-state index contributed by atoms with van der Waals surface area (Å²) in [6.07, 6.45) is 11.0. The smallest absolute Gasteiger partial charge is 0.200 e. The maximum Gasteiger partial charge on any atom is 0.200 e. The van der Waals surface area contributed by atoms with Crippen LogP contribution in [0.15, 0.2) is 60.9 Å². The van der Waals surface area contributed by atoms with Gasteiger partial charge in [0.05, 0.1) is 0 Å². The lowest BCUT2D eigenvalue weighted by atomic mass is 10.0. The molecule has 0 saturated carbocycles. The molecule has 0 saturated heterocycles. The summed E-state index contributed by atoms with van der Waals surface area (Å²) >= 11 is 12.3.